The lowest BCUT2D eigenvalue weighted by Crippen LogP contribution is -2.50. The number of aromatic amines is 1. The first kappa shape index (κ1) is 18.8. The smallest absolute Gasteiger partial charge is 0.270 e. The van der Waals surface area contributed by atoms with Gasteiger partial charge in [0.15, 0.2) is 0 Å². The highest BCUT2D eigenvalue weighted by atomic mass is 16.3. The standard InChI is InChI=1S/C20H24N4O3/c1-11(2)18(10-25)24-19(26)12(3)22-20(27)16-8-14-13-6-4-5-7-15(13)23-17(14)9-21-16/h4-9,11-12,18,23,25H,10H2,1-3H3,(H,22,27)(H,24,26). The fraction of sp³-hybridized carbons (Fsp3) is 0.350. The van der Waals surface area contributed by atoms with Crippen LogP contribution in [0, 0.1) is 5.92 Å². The average molecular weight is 368 g/mol. The van der Waals surface area contributed by atoms with Crippen molar-refractivity contribution < 1.29 is 14.7 Å². The van der Waals surface area contributed by atoms with Gasteiger partial charge in [-0.2, -0.15) is 0 Å². The van der Waals surface area contributed by atoms with E-state index in [9.17, 15) is 14.7 Å². The number of pyridine rings is 1. The number of nitrogens with zero attached hydrogens (tertiary/aromatic N) is 1. The first-order valence-electron chi connectivity index (χ1n) is 8.99. The molecule has 0 fully saturated rings. The minimum atomic E-state index is -0.745. The lowest BCUT2D eigenvalue weighted by atomic mass is 10.1. The predicted molar refractivity (Wildman–Crippen MR) is 104 cm³/mol. The number of amides is 2. The Hall–Kier alpha value is -2.93. The molecular formula is C20H24N4O3. The molecule has 7 nitrogen and oxygen atoms in total. The third-order valence-corrected chi connectivity index (χ3v) is 4.69. The molecule has 2 aromatic heterocycles. The lowest BCUT2D eigenvalue weighted by molar-refractivity contribution is -0.123. The number of aliphatic hydroxyl groups excluding tert-OH is 1. The van der Waals surface area contributed by atoms with Crippen molar-refractivity contribution in [1.82, 2.24) is 20.6 Å². The summed E-state index contributed by atoms with van der Waals surface area (Å²) in [5, 5.41) is 16.7. The zero-order chi connectivity index (χ0) is 19.6. The Morgan fingerprint density at radius 3 is 2.56 bits per heavy atom. The third kappa shape index (κ3) is 3.93. The number of aliphatic hydroxyl groups is 1. The topological polar surface area (TPSA) is 107 Å². The predicted octanol–water partition coefficient (Wildman–Crippen LogP) is 1.97. The number of para-hydroxylation sites is 1. The summed E-state index contributed by atoms with van der Waals surface area (Å²) >= 11 is 0. The molecule has 0 bridgehead atoms. The van der Waals surface area contributed by atoms with E-state index in [0.717, 1.165) is 21.8 Å². The Labute approximate surface area is 157 Å². The van der Waals surface area contributed by atoms with Gasteiger partial charge in [-0.1, -0.05) is 32.0 Å². The average Bonchev–Trinajstić information content (AvgIpc) is 3.03. The number of H-pyrrole nitrogens is 1. The number of hydrogen-bond donors (Lipinski definition) is 4. The normalized spacial score (nSPS) is 13.7. The summed E-state index contributed by atoms with van der Waals surface area (Å²) < 4.78 is 0. The highest BCUT2D eigenvalue weighted by Crippen LogP contribution is 2.24. The van der Waals surface area contributed by atoms with E-state index < -0.39 is 11.9 Å². The molecule has 0 radical (unpaired) electrons. The zero-order valence-electron chi connectivity index (χ0n) is 15.6. The summed E-state index contributed by atoms with van der Waals surface area (Å²) in [5.74, 6) is -0.674. The highest BCUT2D eigenvalue weighted by Gasteiger charge is 2.22. The van der Waals surface area contributed by atoms with Crippen LogP contribution in [-0.4, -0.2) is 45.6 Å². The van der Waals surface area contributed by atoms with E-state index >= 15 is 0 Å². The Morgan fingerprint density at radius 1 is 1.11 bits per heavy atom. The van der Waals surface area contributed by atoms with Gasteiger partial charge in [-0.25, -0.2) is 4.98 Å². The van der Waals surface area contributed by atoms with Crippen LogP contribution in [0.15, 0.2) is 36.5 Å². The second-order valence-corrected chi connectivity index (χ2v) is 7.02. The number of fused-ring (bicyclic) bond motifs is 3. The van der Waals surface area contributed by atoms with Crippen LogP contribution in [-0.2, 0) is 4.79 Å². The number of rotatable bonds is 6. The molecule has 2 heterocycles. The minimum absolute atomic E-state index is 0.0906. The van der Waals surface area contributed by atoms with Crippen molar-refractivity contribution in [3.8, 4) is 0 Å². The van der Waals surface area contributed by atoms with Crippen LogP contribution in [0.4, 0.5) is 0 Å². The summed E-state index contributed by atoms with van der Waals surface area (Å²) in [4.78, 5) is 32.3. The van der Waals surface area contributed by atoms with Crippen LogP contribution >= 0.6 is 0 Å². The number of aromatic nitrogens is 2. The molecule has 7 heteroatoms. The molecule has 0 aliphatic rings. The fourth-order valence-corrected chi connectivity index (χ4v) is 2.94. The lowest BCUT2D eigenvalue weighted by Gasteiger charge is -2.22. The SMILES string of the molecule is CC(NC(=O)c1cc2c(cn1)[nH]c1ccccc12)C(=O)NC(CO)C(C)C. The van der Waals surface area contributed by atoms with Crippen LogP contribution < -0.4 is 10.6 Å². The van der Waals surface area contributed by atoms with Crippen LogP contribution in [0.3, 0.4) is 0 Å². The summed E-state index contributed by atoms with van der Waals surface area (Å²) in [6.45, 7) is 5.27. The second-order valence-electron chi connectivity index (χ2n) is 7.02. The van der Waals surface area contributed by atoms with Crippen LogP contribution in [0.5, 0.6) is 0 Å². The molecule has 2 amide bonds. The Morgan fingerprint density at radius 2 is 1.85 bits per heavy atom. The molecule has 3 rings (SSSR count). The van der Waals surface area contributed by atoms with E-state index in [-0.39, 0.29) is 30.2 Å². The van der Waals surface area contributed by atoms with Crippen molar-refractivity contribution in [2.75, 3.05) is 6.61 Å². The van der Waals surface area contributed by atoms with Gasteiger partial charge >= 0.3 is 0 Å². The summed E-state index contributed by atoms with van der Waals surface area (Å²) in [6, 6.07) is 8.45. The summed E-state index contributed by atoms with van der Waals surface area (Å²) in [6.07, 6.45) is 1.62. The summed E-state index contributed by atoms with van der Waals surface area (Å²) in [5.41, 5.74) is 2.07. The molecule has 3 aromatic rings. The third-order valence-electron chi connectivity index (χ3n) is 4.69. The van der Waals surface area contributed by atoms with Gasteiger partial charge in [-0.15, -0.1) is 0 Å². The first-order chi connectivity index (χ1) is 12.9. The molecule has 142 valence electrons. The number of hydrogen-bond acceptors (Lipinski definition) is 4. The molecular weight excluding hydrogens is 344 g/mol. The maximum absolute atomic E-state index is 12.5. The minimum Gasteiger partial charge on any atom is -0.394 e. The van der Waals surface area contributed by atoms with Crippen LogP contribution in [0.2, 0.25) is 0 Å². The number of nitrogens with one attached hydrogen (secondary N) is 3. The van der Waals surface area contributed by atoms with Gasteiger partial charge in [0.25, 0.3) is 5.91 Å². The van der Waals surface area contributed by atoms with Crippen molar-refractivity contribution in [3.63, 3.8) is 0 Å². The molecule has 0 saturated heterocycles. The Bertz CT molecular complexity index is 980. The van der Waals surface area contributed by atoms with E-state index in [2.05, 4.69) is 20.6 Å². The highest BCUT2D eigenvalue weighted by molar-refractivity contribution is 6.09. The van der Waals surface area contributed by atoms with Gasteiger partial charge in [0.2, 0.25) is 5.91 Å². The largest absolute Gasteiger partial charge is 0.394 e. The van der Waals surface area contributed by atoms with Gasteiger partial charge in [0.1, 0.15) is 11.7 Å². The maximum atomic E-state index is 12.5. The zero-order valence-corrected chi connectivity index (χ0v) is 15.6. The van der Waals surface area contributed by atoms with E-state index in [4.69, 9.17) is 0 Å². The number of carbonyl (C=O) groups excluding carboxylic acids is 2. The van der Waals surface area contributed by atoms with Crippen LogP contribution in [0.25, 0.3) is 21.8 Å². The molecule has 4 N–H and O–H groups in total. The van der Waals surface area contributed by atoms with Crippen LogP contribution in [0.1, 0.15) is 31.3 Å². The first-order valence-corrected chi connectivity index (χ1v) is 8.99. The van der Waals surface area contributed by atoms with Gasteiger partial charge in [-0.3, -0.25) is 9.59 Å². The van der Waals surface area contributed by atoms with Gasteiger partial charge < -0.3 is 20.7 Å². The van der Waals surface area contributed by atoms with Crippen molar-refractivity contribution >= 4 is 33.6 Å². The molecule has 0 aliphatic carbocycles. The molecule has 27 heavy (non-hydrogen) atoms. The molecule has 0 saturated carbocycles. The van der Waals surface area contributed by atoms with E-state index in [0.29, 0.717) is 0 Å². The molecule has 0 aliphatic heterocycles. The van der Waals surface area contributed by atoms with Gasteiger partial charge in [-0.05, 0) is 25.0 Å². The van der Waals surface area contributed by atoms with Crippen molar-refractivity contribution in [2.24, 2.45) is 5.92 Å². The molecule has 0 spiro atoms. The second kappa shape index (κ2) is 7.75. The molecule has 2 unspecified atom stereocenters. The van der Waals surface area contributed by atoms with E-state index in [1.165, 1.54) is 0 Å². The quantitative estimate of drug-likeness (QED) is 0.533. The van der Waals surface area contributed by atoms with Crippen molar-refractivity contribution in [3.05, 3.63) is 42.2 Å². The Balaban J connectivity index is 1.75. The Kier molecular flexibility index (Phi) is 5.41. The van der Waals surface area contributed by atoms with E-state index in [1.54, 1.807) is 19.2 Å². The molecule has 1 aromatic carbocycles. The molecule has 2 atom stereocenters. The van der Waals surface area contributed by atoms with Gasteiger partial charge in [0, 0.05) is 16.3 Å². The fourth-order valence-electron chi connectivity index (χ4n) is 2.94. The van der Waals surface area contributed by atoms with E-state index in [1.807, 2.05) is 38.1 Å². The summed E-state index contributed by atoms with van der Waals surface area (Å²) in [7, 11) is 0. The monoisotopic (exact) mass is 368 g/mol. The maximum Gasteiger partial charge on any atom is 0.270 e. The number of carbonyl (C=O) groups is 2. The number of benzene rings is 1. The van der Waals surface area contributed by atoms with Gasteiger partial charge in [0.05, 0.1) is 24.4 Å². The van der Waals surface area contributed by atoms with Crippen molar-refractivity contribution in [2.45, 2.75) is 32.9 Å². The van der Waals surface area contributed by atoms with Crippen molar-refractivity contribution in [1.29, 1.82) is 0 Å².